The number of hydrogen-bond acceptors (Lipinski definition) is 4. The zero-order chi connectivity index (χ0) is 14.4. The number of nitrogens with two attached hydrogens (primary N) is 1. The second-order valence-corrected chi connectivity index (χ2v) is 4.58. The first-order chi connectivity index (χ1) is 8.90. The van der Waals surface area contributed by atoms with E-state index in [-0.39, 0.29) is 0 Å². The lowest BCUT2D eigenvalue weighted by molar-refractivity contribution is -0.137. The Morgan fingerprint density at radius 2 is 2.05 bits per heavy atom. The summed E-state index contributed by atoms with van der Waals surface area (Å²) in [5.41, 5.74) is 5.71. The Morgan fingerprint density at radius 3 is 2.58 bits per heavy atom. The molecule has 0 aliphatic heterocycles. The van der Waals surface area contributed by atoms with Gasteiger partial charge in [-0.3, -0.25) is 14.4 Å². The molecule has 1 aromatic carbocycles. The van der Waals surface area contributed by atoms with Gasteiger partial charge >= 0.3 is 17.8 Å². The molecule has 2 amide bonds. The van der Waals surface area contributed by atoms with Crippen LogP contribution in [-0.4, -0.2) is 24.3 Å². The van der Waals surface area contributed by atoms with E-state index >= 15 is 0 Å². The van der Waals surface area contributed by atoms with Crippen molar-refractivity contribution in [2.75, 3.05) is 6.54 Å². The number of rotatable bonds is 4. The Balaban J connectivity index is 2.56. The SMILES string of the molecule is CC(=O)Oc1ccc(CCNC(=O)C(N)=O)cc1Br. The average Bonchev–Trinajstić information content (AvgIpc) is 2.31. The number of carbonyl (C=O) groups is 3. The molecule has 19 heavy (non-hydrogen) atoms. The second kappa shape index (κ2) is 6.89. The first-order valence-electron chi connectivity index (χ1n) is 5.44. The monoisotopic (exact) mass is 328 g/mol. The first-order valence-corrected chi connectivity index (χ1v) is 6.24. The minimum absolute atomic E-state index is 0.293. The van der Waals surface area contributed by atoms with Crippen molar-refractivity contribution in [1.82, 2.24) is 5.32 Å². The molecule has 0 bridgehead atoms. The summed E-state index contributed by atoms with van der Waals surface area (Å²) in [5, 5.41) is 2.38. The summed E-state index contributed by atoms with van der Waals surface area (Å²) in [6.07, 6.45) is 0.526. The number of primary amides is 1. The van der Waals surface area contributed by atoms with Crippen LogP contribution in [-0.2, 0) is 20.8 Å². The smallest absolute Gasteiger partial charge is 0.309 e. The van der Waals surface area contributed by atoms with Gasteiger partial charge in [0.2, 0.25) is 0 Å². The minimum Gasteiger partial charge on any atom is -0.426 e. The highest BCUT2D eigenvalue weighted by atomic mass is 79.9. The topological polar surface area (TPSA) is 98.5 Å². The molecule has 0 radical (unpaired) electrons. The molecule has 0 aromatic heterocycles. The van der Waals surface area contributed by atoms with Crippen LogP contribution in [0.15, 0.2) is 22.7 Å². The lowest BCUT2D eigenvalue weighted by atomic mass is 10.1. The van der Waals surface area contributed by atoms with Crippen molar-refractivity contribution in [3.63, 3.8) is 0 Å². The predicted molar refractivity (Wildman–Crippen MR) is 71.4 cm³/mol. The van der Waals surface area contributed by atoms with Crippen LogP contribution < -0.4 is 15.8 Å². The Kier molecular flexibility index (Phi) is 5.50. The summed E-state index contributed by atoms with van der Waals surface area (Å²) in [6.45, 7) is 1.61. The molecule has 0 aliphatic rings. The van der Waals surface area contributed by atoms with Crippen LogP contribution in [0.25, 0.3) is 0 Å². The zero-order valence-electron chi connectivity index (χ0n) is 10.2. The fourth-order valence-electron chi connectivity index (χ4n) is 1.34. The molecule has 0 spiro atoms. The van der Waals surface area contributed by atoms with Crippen LogP contribution in [0.5, 0.6) is 5.75 Å². The van der Waals surface area contributed by atoms with Crippen molar-refractivity contribution < 1.29 is 19.1 Å². The first kappa shape index (κ1) is 15.2. The number of hydrogen-bond donors (Lipinski definition) is 2. The third kappa shape index (κ3) is 5.09. The highest BCUT2D eigenvalue weighted by Gasteiger charge is 2.08. The molecule has 0 unspecified atom stereocenters. The van der Waals surface area contributed by atoms with Crippen LogP contribution in [0.3, 0.4) is 0 Å². The number of ether oxygens (including phenoxy) is 1. The van der Waals surface area contributed by atoms with Crippen molar-refractivity contribution in [1.29, 1.82) is 0 Å². The zero-order valence-corrected chi connectivity index (χ0v) is 11.8. The summed E-state index contributed by atoms with van der Waals surface area (Å²) in [4.78, 5) is 32.2. The quantitative estimate of drug-likeness (QED) is 0.478. The Bertz CT molecular complexity index is 516. The van der Waals surface area contributed by atoms with Gasteiger partial charge in [0.1, 0.15) is 5.75 Å². The summed E-state index contributed by atoms with van der Waals surface area (Å²) >= 11 is 3.28. The molecule has 0 saturated heterocycles. The Labute approximate surface area is 118 Å². The average molecular weight is 329 g/mol. The van der Waals surface area contributed by atoms with Gasteiger partial charge in [-0.1, -0.05) is 6.07 Å². The number of esters is 1. The summed E-state index contributed by atoms with van der Waals surface area (Å²) in [7, 11) is 0. The van der Waals surface area contributed by atoms with Gasteiger partial charge in [-0.2, -0.15) is 0 Å². The highest BCUT2D eigenvalue weighted by molar-refractivity contribution is 9.10. The van der Waals surface area contributed by atoms with Crippen molar-refractivity contribution >= 4 is 33.7 Å². The number of carbonyl (C=O) groups excluding carboxylic acids is 3. The van der Waals surface area contributed by atoms with E-state index in [9.17, 15) is 14.4 Å². The molecule has 6 nitrogen and oxygen atoms in total. The summed E-state index contributed by atoms with van der Waals surface area (Å²) < 4.78 is 5.60. The largest absolute Gasteiger partial charge is 0.426 e. The van der Waals surface area contributed by atoms with Gasteiger partial charge in [-0.05, 0) is 40.0 Å². The minimum atomic E-state index is -1.01. The third-order valence-electron chi connectivity index (χ3n) is 2.17. The normalized spacial score (nSPS) is 9.79. The van der Waals surface area contributed by atoms with Crippen molar-refractivity contribution in [2.24, 2.45) is 5.73 Å². The van der Waals surface area contributed by atoms with E-state index < -0.39 is 17.8 Å². The lowest BCUT2D eigenvalue weighted by Gasteiger charge is -2.07. The summed E-state index contributed by atoms with van der Waals surface area (Å²) in [6, 6.07) is 5.19. The molecular formula is C12H13BrN2O4. The van der Waals surface area contributed by atoms with E-state index in [2.05, 4.69) is 21.2 Å². The van der Waals surface area contributed by atoms with Crippen LogP contribution in [0, 0.1) is 0 Å². The van der Waals surface area contributed by atoms with E-state index in [0.717, 1.165) is 5.56 Å². The maximum absolute atomic E-state index is 10.9. The van der Waals surface area contributed by atoms with E-state index in [0.29, 0.717) is 23.2 Å². The van der Waals surface area contributed by atoms with Crippen LogP contribution in [0.2, 0.25) is 0 Å². The second-order valence-electron chi connectivity index (χ2n) is 3.73. The molecule has 7 heteroatoms. The molecule has 0 saturated carbocycles. The summed E-state index contributed by atoms with van der Waals surface area (Å²) in [5.74, 6) is -1.79. The molecule has 102 valence electrons. The van der Waals surface area contributed by atoms with E-state index in [4.69, 9.17) is 10.5 Å². The highest BCUT2D eigenvalue weighted by Crippen LogP contribution is 2.26. The molecule has 3 N–H and O–H groups in total. The maximum atomic E-state index is 10.9. The maximum Gasteiger partial charge on any atom is 0.309 e. The fraction of sp³-hybridized carbons (Fsp3) is 0.250. The van der Waals surface area contributed by atoms with Crippen LogP contribution in [0.4, 0.5) is 0 Å². The van der Waals surface area contributed by atoms with Gasteiger partial charge in [0.25, 0.3) is 0 Å². The van der Waals surface area contributed by atoms with E-state index in [1.54, 1.807) is 18.2 Å². The molecule has 0 atom stereocenters. The standard InChI is InChI=1S/C12H13BrN2O4/c1-7(16)19-10-3-2-8(6-9(10)13)4-5-15-12(18)11(14)17/h2-3,6H,4-5H2,1H3,(H2,14,17)(H,15,18). The number of halogens is 1. The van der Waals surface area contributed by atoms with Crippen molar-refractivity contribution in [3.8, 4) is 5.75 Å². The molecule has 0 heterocycles. The van der Waals surface area contributed by atoms with Gasteiger partial charge in [-0.15, -0.1) is 0 Å². The van der Waals surface area contributed by atoms with Gasteiger partial charge in [0, 0.05) is 13.5 Å². The number of amides is 2. The molecule has 0 aliphatic carbocycles. The van der Waals surface area contributed by atoms with Crippen LogP contribution >= 0.6 is 15.9 Å². The van der Waals surface area contributed by atoms with Crippen molar-refractivity contribution in [3.05, 3.63) is 28.2 Å². The van der Waals surface area contributed by atoms with E-state index in [1.165, 1.54) is 6.92 Å². The Hall–Kier alpha value is -1.89. The third-order valence-corrected chi connectivity index (χ3v) is 2.79. The van der Waals surface area contributed by atoms with Gasteiger partial charge in [0.05, 0.1) is 4.47 Å². The van der Waals surface area contributed by atoms with E-state index in [1.807, 2.05) is 0 Å². The lowest BCUT2D eigenvalue weighted by Crippen LogP contribution is -2.37. The van der Waals surface area contributed by atoms with Crippen molar-refractivity contribution in [2.45, 2.75) is 13.3 Å². The number of nitrogens with one attached hydrogen (secondary N) is 1. The molecule has 1 aromatic rings. The molecule has 0 fully saturated rings. The van der Waals surface area contributed by atoms with Gasteiger partial charge in [-0.25, -0.2) is 0 Å². The van der Waals surface area contributed by atoms with Crippen LogP contribution in [0.1, 0.15) is 12.5 Å². The van der Waals surface area contributed by atoms with Gasteiger partial charge in [0.15, 0.2) is 0 Å². The number of benzene rings is 1. The molecular weight excluding hydrogens is 316 g/mol. The predicted octanol–water partition coefficient (Wildman–Crippen LogP) is 0.518. The molecule has 1 rings (SSSR count). The van der Waals surface area contributed by atoms with Gasteiger partial charge < -0.3 is 15.8 Å². The fourth-order valence-corrected chi connectivity index (χ4v) is 1.85. The Morgan fingerprint density at radius 1 is 1.37 bits per heavy atom.